The van der Waals surface area contributed by atoms with E-state index < -0.39 is 89.8 Å². The predicted octanol–water partition coefficient (Wildman–Crippen LogP) is 6.71. The summed E-state index contributed by atoms with van der Waals surface area (Å²) in [6, 6.07) is 8.69. The van der Waals surface area contributed by atoms with Gasteiger partial charge in [-0.15, -0.1) is 0 Å². The quantitative estimate of drug-likeness (QED) is 0.178. The Morgan fingerprint density at radius 3 is 2.20 bits per heavy atom. The number of cyclic esters (lactones) is 1. The van der Waals surface area contributed by atoms with Gasteiger partial charge in [-0.05, 0) is 106 Å². The second-order valence-corrected chi connectivity index (χ2v) is 20.7. The molecule has 0 aliphatic carbocycles. The minimum Gasteiger partial charge on any atom is -0.459 e. The molecule has 0 radical (unpaired) electrons. The Kier molecular flexibility index (Phi) is 19.7. The zero-order valence-corrected chi connectivity index (χ0v) is 42.3. The summed E-state index contributed by atoms with van der Waals surface area (Å²) in [5, 5.41) is 36.9. The van der Waals surface area contributed by atoms with Gasteiger partial charge in [0, 0.05) is 37.5 Å². The molecule has 0 amide bonds. The van der Waals surface area contributed by atoms with E-state index in [0.717, 1.165) is 18.4 Å². The molecule has 0 saturated carbocycles. The Bertz CT molecular complexity index is 1630. The number of aliphatic hydroxyl groups is 3. The van der Waals surface area contributed by atoms with Crippen LogP contribution in [0, 0.1) is 23.2 Å². The third-order valence-electron chi connectivity index (χ3n) is 15.2. The van der Waals surface area contributed by atoms with E-state index in [0.29, 0.717) is 32.5 Å². The van der Waals surface area contributed by atoms with Crippen molar-refractivity contribution in [3.05, 3.63) is 35.9 Å². The highest BCUT2D eigenvalue weighted by Crippen LogP contribution is 2.46. The Balaban J connectivity index is 1.86. The number of nitrogens with zero attached hydrogens (tertiary/aromatic N) is 2. The monoisotopic (exact) mass is 923 g/mol. The highest BCUT2D eigenvalue weighted by molar-refractivity contribution is 5.73. The number of hydrogen-bond donors (Lipinski definition) is 3. The van der Waals surface area contributed by atoms with E-state index >= 15 is 0 Å². The Labute approximate surface area is 390 Å². The summed E-state index contributed by atoms with van der Waals surface area (Å²) in [4.78, 5) is 32.3. The summed E-state index contributed by atoms with van der Waals surface area (Å²) >= 11 is 0. The first-order valence-corrected chi connectivity index (χ1v) is 24.1. The molecule has 0 bridgehead atoms. The van der Waals surface area contributed by atoms with Gasteiger partial charge in [-0.3, -0.25) is 4.79 Å². The van der Waals surface area contributed by atoms with Crippen molar-refractivity contribution in [1.82, 2.24) is 9.80 Å². The van der Waals surface area contributed by atoms with Gasteiger partial charge in [0.15, 0.2) is 18.7 Å². The first kappa shape index (κ1) is 55.2. The highest BCUT2D eigenvalue weighted by atomic mass is 16.8. The molecule has 17 atom stereocenters. The SMILES string of the molecule is CCCN1C[C@@H](C)[C@@H](O)[C@](C)(O)[C@@H](CC)OC(=O)C(C)[C@H](OC2C[C@@](C)(OC)[C@@](C)(CC)CO2)[C@H](C)[C@@H](O[C@@H]2O[C@H](C)C[C@H](N(C)C)[C@H]2OC(=O)OCc2ccccc2)[C@](C)(O)C[C@H]1C. The molecule has 65 heavy (non-hydrogen) atoms. The van der Waals surface area contributed by atoms with Gasteiger partial charge >= 0.3 is 12.1 Å². The van der Waals surface area contributed by atoms with Crippen LogP contribution in [0.25, 0.3) is 0 Å². The fourth-order valence-electron chi connectivity index (χ4n) is 10.5. The molecule has 15 nitrogen and oxygen atoms in total. The lowest BCUT2D eigenvalue weighted by Gasteiger charge is -2.52. The van der Waals surface area contributed by atoms with Crippen LogP contribution in [-0.4, -0.2) is 156 Å². The first-order chi connectivity index (χ1) is 30.4. The van der Waals surface area contributed by atoms with E-state index in [9.17, 15) is 24.9 Å². The molecule has 3 fully saturated rings. The molecular formula is C50H86N2O13. The predicted molar refractivity (Wildman–Crippen MR) is 247 cm³/mol. The standard InChI is InChI=1S/C50H86N2O13/c1-16-24-52-28-31(4)42(53)50(12,57)38(17-2)62-44(54)35(8)40(63-39-27-49(11,58-15)47(9,18-3)30-60-39)34(7)43(48(10,56)26-32(52)5)65-45-41(37(51(13)14)25-33(6)61-45)64-46(55)59-29-36-22-20-19-21-23-36/h19-23,31-35,37-43,45,53,56-57H,16-18,24-30H2,1-15H3/t31-,32-,33-,34+,35?,37+,38-,39?,40-,41-,42-,43-,45+,47+,48-,49-,50-/m1/s1. The van der Waals surface area contributed by atoms with Crippen molar-refractivity contribution < 1.29 is 62.8 Å². The molecule has 3 heterocycles. The van der Waals surface area contributed by atoms with Gasteiger partial charge in [0.25, 0.3) is 0 Å². The molecule has 0 spiro atoms. The summed E-state index contributed by atoms with van der Waals surface area (Å²) in [7, 11) is 5.48. The van der Waals surface area contributed by atoms with E-state index in [1.807, 2.05) is 83.9 Å². The molecule has 3 saturated heterocycles. The van der Waals surface area contributed by atoms with E-state index in [1.165, 1.54) is 6.92 Å². The van der Waals surface area contributed by atoms with Crippen molar-refractivity contribution in [2.75, 3.05) is 40.9 Å². The van der Waals surface area contributed by atoms with Gasteiger partial charge < -0.3 is 63.0 Å². The molecular weight excluding hydrogens is 837 g/mol. The van der Waals surface area contributed by atoms with Crippen LogP contribution >= 0.6 is 0 Å². The van der Waals surface area contributed by atoms with Gasteiger partial charge in [-0.25, -0.2) is 4.79 Å². The lowest BCUT2D eigenvalue weighted by atomic mass is 9.69. The summed E-state index contributed by atoms with van der Waals surface area (Å²) in [5.41, 5.74) is -3.62. The maximum absolute atomic E-state index is 14.6. The minimum atomic E-state index is -1.80. The maximum Gasteiger partial charge on any atom is 0.509 e. The number of benzene rings is 1. The van der Waals surface area contributed by atoms with Crippen LogP contribution < -0.4 is 0 Å². The third kappa shape index (κ3) is 13.2. The fourth-order valence-corrected chi connectivity index (χ4v) is 10.5. The number of aliphatic hydroxyl groups excluding tert-OH is 1. The summed E-state index contributed by atoms with van der Waals surface area (Å²) < 4.78 is 51.2. The molecule has 3 N–H and O–H groups in total. The van der Waals surface area contributed by atoms with E-state index in [-0.39, 0.29) is 43.1 Å². The van der Waals surface area contributed by atoms with E-state index in [2.05, 4.69) is 25.7 Å². The second-order valence-electron chi connectivity index (χ2n) is 20.7. The Morgan fingerprint density at radius 2 is 1.62 bits per heavy atom. The molecule has 3 aliphatic heterocycles. The number of esters is 1. The van der Waals surface area contributed by atoms with Crippen molar-refractivity contribution in [3.8, 4) is 0 Å². The maximum atomic E-state index is 14.6. The third-order valence-corrected chi connectivity index (χ3v) is 15.2. The number of ether oxygens (including phenoxy) is 8. The number of rotatable bonds is 13. The summed E-state index contributed by atoms with van der Waals surface area (Å²) in [6.07, 6.45) is -5.84. The van der Waals surface area contributed by atoms with Gasteiger partial charge in [-0.1, -0.05) is 71.9 Å². The molecule has 15 heteroatoms. The van der Waals surface area contributed by atoms with Gasteiger partial charge in [0.2, 0.25) is 0 Å². The topological polar surface area (TPSA) is 175 Å². The number of hydrogen-bond acceptors (Lipinski definition) is 15. The smallest absolute Gasteiger partial charge is 0.459 e. The molecule has 1 aromatic rings. The average molecular weight is 923 g/mol. The van der Waals surface area contributed by atoms with Crippen molar-refractivity contribution in [1.29, 1.82) is 0 Å². The Morgan fingerprint density at radius 1 is 0.954 bits per heavy atom. The van der Waals surface area contributed by atoms with Crippen LogP contribution in [0.1, 0.15) is 127 Å². The van der Waals surface area contributed by atoms with Crippen molar-refractivity contribution in [2.24, 2.45) is 23.2 Å². The first-order valence-electron chi connectivity index (χ1n) is 24.1. The van der Waals surface area contributed by atoms with Crippen molar-refractivity contribution >= 4 is 12.1 Å². The molecule has 374 valence electrons. The number of carbonyl (C=O) groups excluding carboxylic acids is 2. The number of carbonyl (C=O) groups is 2. The van der Waals surface area contributed by atoms with Crippen LogP contribution in [0.2, 0.25) is 0 Å². The average Bonchev–Trinajstić information content (AvgIpc) is 3.26. The largest absolute Gasteiger partial charge is 0.509 e. The van der Waals surface area contributed by atoms with Crippen LogP contribution in [-0.2, 0) is 49.3 Å². The van der Waals surface area contributed by atoms with Crippen molar-refractivity contribution in [3.63, 3.8) is 0 Å². The van der Waals surface area contributed by atoms with Crippen LogP contribution in [0.3, 0.4) is 0 Å². The van der Waals surface area contributed by atoms with Gasteiger partial charge in [-0.2, -0.15) is 0 Å². The summed E-state index contributed by atoms with van der Waals surface area (Å²) in [5.74, 6) is -2.91. The fraction of sp³-hybridized carbons (Fsp3) is 0.840. The molecule has 1 aromatic carbocycles. The molecule has 4 rings (SSSR count). The number of likely N-dealkylation sites (N-methyl/N-ethyl adjacent to an activating group) is 1. The van der Waals surface area contributed by atoms with Crippen LogP contribution in [0.4, 0.5) is 4.79 Å². The highest BCUT2D eigenvalue weighted by Gasteiger charge is 2.54. The molecule has 3 aliphatic rings. The molecule has 0 aromatic heterocycles. The minimum absolute atomic E-state index is 0.00205. The Hall–Kier alpha value is -2.44. The molecule has 2 unspecified atom stereocenters. The zero-order valence-electron chi connectivity index (χ0n) is 42.3. The van der Waals surface area contributed by atoms with Crippen LogP contribution in [0.15, 0.2) is 30.3 Å². The summed E-state index contributed by atoms with van der Waals surface area (Å²) in [6.45, 7) is 24.1. The van der Waals surface area contributed by atoms with E-state index in [1.54, 1.807) is 27.9 Å². The lowest BCUT2D eigenvalue weighted by Crippen LogP contribution is -2.61. The number of methoxy groups -OCH3 is 1. The zero-order chi connectivity index (χ0) is 48.7. The normalized spacial score (nSPS) is 41.8. The lowest BCUT2D eigenvalue weighted by molar-refractivity contribution is -0.314. The van der Waals surface area contributed by atoms with E-state index in [4.69, 9.17) is 37.9 Å². The van der Waals surface area contributed by atoms with Gasteiger partial charge in [0.05, 0.1) is 54.2 Å². The van der Waals surface area contributed by atoms with Gasteiger partial charge in [0.1, 0.15) is 18.3 Å². The van der Waals surface area contributed by atoms with Crippen LogP contribution in [0.5, 0.6) is 0 Å². The van der Waals surface area contributed by atoms with Crippen molar-refractivity contribution in [2.45, 2.75) is 206 Å². The second kappa shape index (κ2) is 23.2.